The predicted molar refractivity (Wildman–Crippen MR) is 78.2 cm³/mol. The average Bonchev–Trinajstić information content (AvgIpc) is 2.50. The van der Waals surface area contributed by atoms with Crippen LogP contribution in [-0.4, -0.2) is 38.7 Å². The van der Waals surface area contributed by atoms with Gasteiger partial charge in [0.05, 0.1) is 12.6 Å². The van der Waals surface area contributed by atoms with E-state index in [4.69, 9.17) is 0 Å². The predicted octanol–water partition coefficient (Wildman–Crippen LogP) is 2.07. The van der Waals surface area contributed by atoms with E-state index in [1.807, 2.05) is 30.3 Å². The van der Waals surface area contributed by atoms with Gasteiger partial charge in [-0.3, -0.25) is 0 Å². The second kappa shape index (κ2) is 7.08. The summed E-state index contributed by atoms with van der Waals surface area (Å²) in [5.41, 5.74) is 1.35. The third-order valence-electron chi connectivity index (χ3n) is 3.39. The standard InChI is InChI=1S/C16H19NO4/c18-11-15(12-4-2-1-3-5-12)17(21)9-8-13-10-14(19)6-7-16(13)20/h1-7,10,15,18-21H,8-9,11H2. The van der Waals surface area contributed by atoms with Crippen LogP contribution in [0.3, 0.4) is 0 Å². The van der Waals surface area contributed by atoms with E-state index in [9.17, 15) is 20.5 Å². The first-order chi connectivity index (χ1) is 10.1. The van der Waals surface area contributed by atoms with Gasteiger partial charge in [0.25, 0.3) is 0 Å². The molecule has 21 heavy (non-hydrogen) atoms. The highest BCUT2D eigenvalue weighted by Crippen LogP contribution is 2.24. The van der Waals surface area contributed by atoms with Crippen LogP contribution in [0.5, 0.6) is 11.5 Å². The van der Waals surface area contributed by atoms with Gasteiger partial charge in [0.1, 0.15) is 11.5 Å². The Balaban J connectivity index is 2.03. The topological polar surface area (TPSA) is 84.2 Å². The Bertz CT molecular complexity index is 574. The molecule has 2 rings (SSSR count). The molecule has 1 unspecified atom stereocenters. The minimum Gasteiger partial charge on any atom is -0.508 e. The van der Waals surface area contributed by atoms with E-state index in [1.54, 1.807) is 0 Å². The van der Waals surface area contributed by atoms with Crippen molar-refractivity contribution in [2.24, 2.45) is 0 Å². The fraction of sp³-hybridized carbons (Fsp3) is 0.250. The van der Waals surface area contributed by atoms with Crippen molar-refractivity contribution < 1.29 is 20.5 Å². The van der Waals surface area contributed by atoms with Crippen molar-refractivity contribution in [3.05, 3.63) is 59.7 Å². The van der Waals surface area contributed by atoms with Crippen LogP contribution >= 0.6 is 0 Å². The van der Waals surface area contributed by atoms with Crippen LogP contribution in [-0.2, 0) is 6.42 Å². The summed E-state index contributed by atoms with van der Waals surface area (Å²) in [6, 6.07) is 12.9. The van der Waals surface area contributed by atoms with E-state index in [0.717, 1.165) is 10.6 Å². The number of benzene rings is 2. The van der Waals surface area contributed by atoms with E-state index in [2.05, 4.69) is 0 Å². The van der Waals surface area contributed by atoms with E-state index >= 15 is 0 Å². The lowest BCUT2D eigenvalue weighted by atomic mass is 10.1. The second-order valence-corrected chi connectivity index (χ2v) is 4.84. The lowest BCUT2D eigenvalue weighted by Crippen LogP contribution is -2.29. The Morgan fingerprint density at radius 3 is 2.38 bits per heavy atom. The smallest absolute Gasteiger partial charge is 0.119 e. The van der Waals surface area contributed by atoms with Gasteiger partial charge in [-0.1, -0.05) is 30.3 Å². The van der Waals surface area contributed by atoms with Gasteiger partial charge in [-0.25, -0.2) is 0 Å². The van der Waals surface area contributed by atoms with Crippen molar-refractivity contribution in [2.45, 2.75) is 12.5 Å². The summed E-state index contributed by atoms with van der Waals surface area (Å²) < 4.78 is 0. The lowest BCUT2D eigenvalue weighted by molar-refractivity contribution is -0.138. The normalized spacial score (nSPS) is 12.5. The van der Waals surface area contributed by atoms with Crippen LogP contribution in [0.2, 0.25) is 0 Å². The van der Waals surface area contributed by atoms with Gasteiger partial charge in [-0.15, -0.1) is 0 Å². The van der Waals surface area contributed by atoms with Crippen molar-refractivity contribution in [3.63, 3.8) is 0 Å². The Morgan fingerprint density at radius 2 is 1.71 bits per heavy atom. The molecule has 0 fully saturated rings. The molecular weight excluding hydrogens is 270 g/mol. The van der Waals surface area contributed by atoms with Gasteiger partial charge in [-0.2, -0.15) is 5.06 Å². The first-order valence-corrected chi connectivity index (χ1v) is 6.74. The summed E-state index contributed by atoms with van der Waals surface area (Å²) in [4.78, 5) is 0. The lowest BCUT2D eigenvalue weighted by Gasteiger charge is -2.24. The van der Waals surface area contributed by atoms with Gasteiger partial charge >= 0.3 is 0 Å². The molecule has 112 valence electrons. The number of phenolic OH excluding ortho intramolecular Hbond substituents is 2. The van der Waals surface area contributed by atoms with Gasteiger partial charge in [0.2, 0.25) is 0 Å². The zero-order chi connectivity index (χ0) is 15.2. The molecule has 0 spiro atoms. The summed E-state index contributed by atoms with van der Waals surface area (Å²) >= 11 is 0. The molecule has 0 aromatic heterocycles. The minimum absolute atomic E-state index is 0.0639. The number of nitrogens with zero attached hydrogens (tertiary/aromatic N) is 1. The van der Waals surface area contributed by atoms with Gasteiger partial charge in [0.15, 0.2) is 0 Å². The van der Waals surface area contributed by atoms with Crippen molar-refractivity contribution in [1.82, 2.24) is 5.06 Å². The number of aliphatic hydroxyl groups is 1. The maximum Gasteiger partial charge on any atom is 0.119 e. The van der Waals surface area contributed by atoms with Crippen molar-refractivity contribution >= 4 is 0 Å². The van der Waals surface area contributed by atoms with Crippen LogP contribution in [0.4, 0.5) is 0 Å². The summed E-state index contributed by atoms with van der Waals surface area (Å²) in [5, 5.41) is 39.7. The van der Waals surface area contributed by atoms with E-state index in [1.165, 1.54) is 18.2 Å². The molecular formula is C16H19NO4. The first kappa shape index (κ1) is 15.3. The quantitative estimate of drug-likeness (QED) is 0.483. The van der Waals surface area contributed by atoms with E-state index in [0.29, 0.717) is 12.0 Å². The number of hydrogen-bond acceptors (Lipinski definition) is 5. The number of hydrogen-bond donors (Lipinski definition) is 4. The van der Waals surface area contributed by atoms with Crippen LogP contribution in [0.1, 0.15) is 17.2 Å². The molecule has 5 nitrogen and oxygen atoms in total. The van der Waals surface area contributed by atoms with Crippen molar-refractivity contribution in [1.29, 1.82) is 0 Å². The van der Waals surface area contributed by atoms with Gasteiger partial charge in [-0.05, 0) is 35.7 Å². The highest BCUT2D eigenvalue weighted by atomic mass is 16.5. The maximum absolute atomic E-state index is 10.1. The monoisotopic (exact) mass is 289 g/mol. The molecule has 0 saturated heterocycles. The Morgan fingerprint density at radius 1 is 1.00 bits per heavy atom. The number of aromatic hydroxyl groups is 2. The third-order valence-corrected chi connectivity index (χ3v) is 3.39. The average molecular weight is 289 g/mol. The molecule has 0 aliphatic rings. The zero-order valence-electron chi connectivity index (χ0n) is 11.6. The van der Waals surface area contributed by atoms with Crippen molar-refractivity contribution in [2.75, 3.05) is 13.2 Å². The highest BCUT2D eigenvalue weighted by Gasteiger charge is 2.18. The Kier molecular flexibility index (Phi) is 5.16. The van der Waals surface area contributed by atoms with E-state index < -0.39 is 6.04 Å². The SMILES string of the molecule is OCC(c1ccccc1)N(O)CCc1cc(O)ccc1O. The molecule has 1 atom stereocenters. The number of rotatable bonds is 6. The molecule has 0 bridgehead atoms. The number of aliphatic hydroxyl groups excluding tert-OH is 1. The van der Waals surface area contributed by atoms with Crippen LogP contribution in [0.15, 0.2) is 48.5 Å². The van der Waals surface area contributed by atoms with Crippen LogP contribution < -0.4 is 0 Å². The van der Waals surface area contributed by atoms with Gasteiger partial charge < -0.3 is 20.5 Å². The zero-order valence-corrected chi connectivity index (χ0v) is 11.6. The number of hydroxylamine groups is 2. The first-order valence-electron chi connectivity index (χ1n) is 6.74. The second-order valence-electron chi connectivity index (χ2n) is 4.84. The van der Waals surface area contributed by atoms with Crippen LogP contribution in [0, 0.1) is 0 Å². The minimum atomic E-state index is -0.523. The summed E-state index contributed by atoms with van der Waals surface area (Å²) in [5.74, 6) is 0.135. The Hall–Kier alpha value is -2.08. The molecule has 0 saturated carbocycles. The van der Waals surface area contributed by atoms with Crippen LogP contribution in [0.25, 0.3) is 0 Å². The molecule has 0 aliphatic carbocycles. The molecule has 4 N–H and O–H groups in total. The fourth-order valence-electron chi connectivity index (χ4n) is 2.21. The molecule has 0 heterocycles. The fourth-order valence-corrected chi connectivity index (χ4v) is 2.21. The van der Waals surface area contributed by atoms with Gasteiger partial charge in [0, 0.05) is 6.54 Å². The molecule has 0 radical (unpaired) electrons. The van der Waals surface area contributed by atoms with E-state index in [-0.39, 0.29) is 24.7 Å². The number of phenols is 2. The summed E-state index contributed by atoms with van der Waals surface area (Å²) in [7, 11) is 0. The molecule has 5 heteroatoms. The summed E-state index contributed by atoms with van der Waals surface area (Å²) in [6.45, 7) is 0.00364. The Labute approximate surface area is 123 Å². The molecule has 0 aliphatic heterocycles. The molecule has 2 aromatic rings. The molecule has 0 amide bonds. The summed E-state index contributed by atoms with van der Waals surface area (Å²) in [6.07, 6.45) is 0.347. The third kappa shape index (κ3) is 3.95. The van der Waals surface area contributed by atoms with Crippen molar-refractivity contribution in [3.8, 4) is 11.5 Å². The maximum atomic E-state index is 10.1. The molecule has 2 aromatic carbocycles. The largest absolute Gasteiger partial charge is 0.508 e. The highest BCUT2D eigenvalue weighted by molar-refractivity contribution is 5.38.